The Bertz CT molecular complexity index is 773. The summed E-state index contributed by atoms with van der Waals surface area (Å²) in [6, 6.07) is 10.4. The van der Waals surface area contributed by atoms with E-state index in [1.54, 1.807) is 29.3 Å². The number of para-hydroxylation sites is 1. The molecule has 0 radical (unpaired) electrons. The van der Waals surface area contributed by atoms with E-state index in [1.165, 1.54) is 6.07 Å². The van der Waals surface area contributed by atoms with Crippen LogP contribution in [0.15, 0.2) is 42.6 Å². The van der Waals surface area contributed by atoms with Crippen molar-refractivity contribution in [3.8, 4) is 0 Å². The normalized spacial score (nSPS) is 14.4. The minimum atomic E-state index is -0.224. The Morgan fingerprint density at radius 2 is 1.89 bits per heavy atom. The average Bonchev–Trinajstić information content (AvgIpc) is 2.71. The molecule has 0 spiro atoms. The Kier molecular flexibility index (Phi) is 6.81. The molecule has 1 aromatic heterocycles. The van der Waals surface area contributed by atoms with Crippen LogP contribution in [0.2, 0.25) is 0 Å². The van der Waals surface area contributed by atoms with Crippen molar-refractivity contribution in [1.82, 2.24) is 14.8 Å². The average molecular weight is 385 g/mol. The molecule has 0 saturated carbocycles. The predicted molar refractivity (Wildman–Crippen MR) is 110 cm³/mol. The van der Waals surface area contributed by atoms with Gasteiger partial charge in [0.15, 0.2) is 0 Å². The summed E-state index contributed by atoms with van der Waals surface area (Å²) in [5.41, 5.74) is 1.95. The highest BCUT2D eigenvalue weighted by Crippen LogP contribution is 2.20. The molecule has 1 fully saturated rings. The number of aromatic nitrogens is 1. The number of hydrogen-bond acceptors (Lipinski definition) is 5. The number of amides is 1. The number of nitrogens with zero attached hydrogens (tertiary/aromatic N) is 4. The van der Waals surface area contributed by atoms with Crippen LogP contribution >= 0.6 is 0 Å². The van der Waals surface area contributed by atoms with Crippen molar-refractivity contribution in [3.63, 3.8) is 0 Å². The van der Waals surface area contributed by atoms with Gasteiger partial charge in [0.1, 0.15) is 11.5 Å². The first-order chi connectivity index (χ1) is 13.5. The first-order valence-electron chi connectivity index (χ1n) is 9.68. The number of piperazine rings is 1. The Labute approximate surface area is 166 Å². The minimum Gasteiger partial charge on any atom is -0.384 e. The van der Waals surface area contributed by atoms with Gasteiger partial charge in [-0.05, 0) is 51.3 Å². The summed E-state index contributed by atoms with van der Waals surface area (Å²) >= 11 is 0. The molecule has 0 bridgehead atoms. The van der Waals surface area contributed by atoms with Crippen molar-refractivity contribution in [2.24, 2.45) is 0 Å². The maximum atomic E-state index is 13.9. The lowest BCUT2D eigenvalue weighted by Crippen LogP contribution is -2.49. The van der Waals surface area contributed by atoms with Crippen molar-refractivity contribution < 1.29 is 9.18 Å². The molecule has 150 valence electrons. The molecule has 28 heavy (non-hydrogen) atoms. The van der Waals surface area contributed by atoms with Crippen LogP contribution in [0.25, 0.3) is 0 Å². The Balaban J connectivity index is 1.50. The second kappa shape index (κ2) is 9.50. The van der Waals surface area contributed by atoms with E-state index in [-0.39, 0.29) is 11.7 Å². The minimum absolute atomic E-state index is 0.0765. The van der Waals surface area contributed by atoms with Crippen LogP contribution in [-0.4, -0.2) is 74.1 Å². The number of hydrogen-bond donors (Lipinski definition) is 1. The predicted octanol–water partition coefficient (Wildman–Crippen LogP) is 2.55. The molecule has 0 unspecified atom stereocenters. The first kappa shape index (κ1) is 20.1. The maximum absolute atomic E-state index is 13.9. The van der Waals surface area contributed by atoms with Gasteiger partial charge in [-0.15, -0.1) is 0 Å². The highest BCUT2D eigenvalue weighted by Gasteiger charge is 2.24. The number of nitrogens with one attached hydrogen (secondary N) is 1. The van der Waals surface area contributed by atoms with Crippen LogP contribution < -0.4 is 10.2 Å². The summed E-state index contributed by atoms with van der Waals surface area (Å²) in [6.07, 6.45) is 2.75. The van der Waals surface area contributed by atoms with E-state index < -0.39 is 0 Å². The molecule has 3 rings (SSSR count). The number of benzene rings is 1. The molecule has 2 aromatic rings. The lowest BCUT2D eigenvalue weighted by Gasteiger charge is -2.36. The van der Waals surface area contributed by atoms with Crippen LogP contribution in [-0.2, 0) is 0 Å². The standard InChI is InChI=1S/C21H28FN5O/c1-25(2)11-5-10-23-17-8-9-19(24-16-17)21(28)27-14-12-26(13-15-27)20-7-4-3-6-18(20)22/h3-4,6-9,16,23H,5,10-15H2,1-2H3. The number of carbonyl (C=O) groups is 1. The Morgan fingerprint density at radius 1 is 1.14 bits per heavy atom. The molecule has 1 saturated heterocycles. The summed E-state index contributed by atoms with van der Waals surface area (Å²) in [5.74, 6) is -0.301. The molecule has 0 atom stereocenters. The molecule has 7 heteroatoms. The molecule has 2 heterocycles. The van der Waals surface area contributed by atoms with Crippen LogP contribution in [0.1, 0.15) is 16.9 Å². The quantitative estimate of drug-likeness (QED) is 0.743. The van der Waals surface area contributed by atoms with Crippen molar-refractivity contribution in [2.75, 3.05) is 63.6 Å². The van der Waals surface area contributed by atoms with Crippen molar-refractivity contribution >= 4 is 17.3 Å². The number of rotatable bonds is 7. The third-order valence-corrected chi connectivity index (χ3v) is 4.85. The summed E-state index contributed by atoms with van der Waals surface area (Å²) in [6.45, 7) is 4.22. The van der Waals surface area contributed by atoms with Crippen LogP contribution in [0, 0.1) is 5.82 Å². The van der Waals surface area contributed by atoms with E-state index in [9.17, 15) is 9.18 Å². The zero-order valence-corrected chi connectivity index (χ0v) is 16.6. The second-order valence-corrected chi connectivity index (χ2v) is 7.25. The summed E-state index contributed by atoms with van der Waals surface area (Å²) < 4.78 is 13.9. The number of anilines is 2. The van der Waals surface area contributed by atoms with Gasteiger partial charge in [-0.1, -0.05) is 12.1 Å². The topological polar surface area (TPSA) is 51.7 Å². The third-order valence-electron chi connectivity index (χ3n) is 4.85. The smallest absolute Gasteiger partial charge is 0.272 e. The highest BCUT2D eigenvalue weighted by molar-refractivity contribution is 5.92. The number of pyridine rings is 1. The molecule has 1 amide bonds. The van der Waals surface area contributed by atoms with Gasteiger partial charge in [0.05, 0.1) is 17.6 Å². The van der Waals surface area contributed by atoms with Crippen LogP contribution in [0.5, 0.6) is 0 Å². The van der Waals surface area contributed by atoms with E-state index in [0.717, 1.165) is 25.2 Å². The van der Waals surface area contributed by atoms with Gasteiger partial charge in [-0.3, -0.25) is 4.79 Å². The number of carbonyl (C=O) groups excluding carboxylic acids is 1. The van der Waals surface area contributed by atoms with Crippen molar-refractivity contribution in [2.45, 2.75) is 6.42 Å². The molecule has 1 aromatic carbocycles. The van der Waals surface area contributed by atoms with E-state index in [2.05, 4.69) is 29.3 Å². The van der Waals surface area contributed by atoms with Gasteiger partial charge in [0, 0.05) is 32.7 Å². The largest absolute Gasteiger partial charge is 0.384 e. The highest BCUT2D eigenvalue weighted by atomic mass is 19.1. The summed E-state index contributed by atoms with van der Waals surface area (Å²) in [5, 5.41) is 3.32. The van der Waals surface area contributed by atoms with Gasteiger partial charge in [0.2, 0.25) is 0 Å². The van der Waals surface area contributed by atoms with E-state index in [1.807, 2.05) is 17.0 Å². The fraction of sp³-hybridized carbons (Fsp3) is 0.429. The fourth-order valence-corrected chi connectivity index (χ4v) is 3.27. The monoisotopic (exact) mass is 385 g/mol. The SMILES string of the molecule is CN(C)CCCNc1ccc(C(=O)N2CCN(c3ccccc3F)CC2)nc1. The first-order valence-corrected chi connectivity index (χ1v) is 9.68. The molecular formula is C21H28FN5O. The molecule has 1 aliphatic heterocycles. The van der Waals surface area contributed by atoms with Crippen molar-refractivity contribution in [1.29, 1.82) is 0 Å². The molecule has 0 aliphatic carbocycles. The van der Waals surface area contributed by atoms with E-state index in [0.29, 0.717) is 37.6 Å². The fourth-order valence-electron chi connectivity index (χ4n) is 3.27. The van der Waals surface area contributed by atoms with Gasteiger partial charge in [0.25, 0.3) is 5.91 Å². The van der Waals surface area contributed by atoms with E-state index >= 15 is 0 Å². The molecule has 6 nitrogen and oxygen atoms in total. The lowest BCUT2D eigenvalue weighted by atomic mass is 10.2. The lowest BCUT2D eigenvalue weighted by molar-refractivity contribution is 0.0741. The third kappa shape index (κ3) is 5.19. The molecule has 1 N–H and O–H groups in total. The Hall–Kier alpha value is -2.67. The van der Waals surface area contributed by atoms with E-state index in [4.69, 9.17) is 0 Å². The second-order valence-electron chi connectivity index (χ2n) is 7.25. The zero-order chi connectivity index (χ0) is 19.9. The van der Waals surface area contributed by atoms with Crippen LogP contribution in [0.3, 0.4) is 0 Å². The summed E-state index contributed by atoms with van der Waals surface area (Å²) in [7, 11) is 4.11. The Morgan fingerprint density at radius 3 is 2.54 bits per heavy atom. The van der Waals surface area contributed by atoms with Gasteiger partial charge in [-0.25, -0.2) is 9.37 Å². The van der Waals surface area contributed by atoms with Crippen molar-refractivity contribution in [3.05, 3.63) is 54.1 Å². The van der Waals surface area contributed by atoms with Gasteiger partial charge in [-0.2, -0.15) is 0 Å². The number of halogens is 1. The molecule has 1 aliphatic rings. The summed E-state index contributed by atoms with van der Waals surface area (Å²) in [4.78, 5) is 22.9. The zero-order valence-electron chi connectivity index (χ0n) is 16.6. The van der Waals surface area contributed by atoms with Gasteiger partial charge < -0.3 is 20.0 Å². The van der Waals surface area contributed by atoms with Crippen LogP contribution in [0.4, 0.5) is 15.8 Å². The molecular weight excluding hydrogens is 357 g/mol. The van der Waals surface area contributed by atoms with Gasteiger partial charge >= 0.3 is 0 Å². The maximum Gasteiger partial charge on any atom is 0.272 e.